The molecule has 474 valence electrons. The third-order valence-corrected chi connectivity index (χ3v) is 17.7. The number of aliphatic hydroxyl groups is 11. The number of nitrogens with one attached hydrogen (secondary N) is 3. The lowest BCUT2D eigenvalue weighted by Gasteiger charge is -2.45. The highest BCUT2D eigenvalue weighted by Gasteiger charge is 2.51. The highest BCUT2D eigenvalue weighted by Crippen LogP contribution is 2.32. The highest BCUT2D eigenvalue weighted by molar-refractivity contribution is 8.00. The minimum atomic E-state index is -1.65. The first-order chi connectivity index (χ1) is 39.0. The molecule has 2 unspecified atom stereocenters. The van der Waals surface area contributed by atoms with Crippen LogP contribution in [0.3, 0.4) is 0 Å². The Morgan fingerprint density at radius 2 is 0.815 bits per heavy atom. The van der Waals surface area contributed by atoms with Gasteiger partial charge in [0.2, 0.25) is 17.7 Å². The summed E-state index contributed by atoms with van der Waals surface area (Å²) in [6, 6.07) is 0. The summed E-state index contributed by atoms with van der Waals surface area (Å²) in [4.78, 5) is 36.0. The van der Waals surface area contributed by atoms with E-state index in [2.05, 4.69) is 16.0 Å². The van der Waals surface area contributed by atoms with Gasteiger partial charge in [0, 0.05) is 76.7 Å². The topological polar surface area (TPSA) is 402 Å². The van der Waals surface area contributed by atoms with E-state index in [0.29, 0.717) is 74.0 Å². The summed E-state index contributed by atoms with van der Waals surface area (Å²) in [7, 11) is 1.36. The molecule has 4 saturated heterocycles. The summed E-state index contributed by atoms with van der Waals surface area (Å²) in [5, 5.41) is 125. The molecule has 0 aliphatic carbocycles. The fraction of sp³-hybridized carbons (Fsp3) is 0.940. The van der Waals surface area contributed by atoms with Gasteiger partial charge in [0.15, 0.2) is 18.9 Å². The third-order valence-electron chi connectivity index (χ3n) is 13.3. The van der Waals surface area contributed by atoms with E-state index in [1.54, 1.807) is 23.5 Å². The Morgan fingerprint density at radius 1 is 0.444 bits per heavy atom. The Balaban J connectivity index is 1.30. The zero-order valence-electron chi connectivity index (χ0n) is 46.4. The number of carbonyl (C=O) groups excluding carboxylic acids is 3. The zero-order chi connectivity index (χ0) is 59.3. The fourth-order valence-corrected chi connectivity index (χ4v) is 12.1. The van der Waals surface area contributed by atoms with Gasteiger partial charge in [-0.15, -0.1) is 11.8 Å². The summed E-state index contributed by atoms with van der Waals surface area (Å²) in [5.41, 5.74) is -1.04. The van der Waals surface area contributed by atoms with Gasteiger partial charge in [0.05, 0.1) is 32.2 Å². The quantitative estimate of drug-likeness (QED) is 0.0260. The summed E-state index contributed by atoms with van der Waals surface area (Å²) in [5.74, 6) is 3.30. The van der Waals surface area contributed by atoms with Gasteiger partial charge in [-0.25, -0.2) is 0 Å². The molecule has 0 aromatic rings. The molecule has 4 fully saturated rings. The molecule has 0 spiro atoms. The number of thioether (sulfide) groups is 4. The SMILES string of the molecule is CCCC(=O)NCCSCCCO[C@H]1[C@@H](OC)O[C@H](CO[C@H]2O[C@H](CO[C@H]3O[C@H](CO)[C@@H](O)[C@H](O)[C@H]3OCCCSCCNC(=O)CS[C@H]3OC(CO)[C@@H](O)[C@H](O)C3O)[C@@H](O)[C@H](O)[C@H]2OCCCSCCNC(=O)CCC)[C@@H](O)[C@@H]1O. The van der Waals surface area contributed by atoms with Crippen molar-refractivity contribution in [3.63, 3.8) is 0 Å². The normalized spacial score (nSPS) is 34.4. The number of rotatable bonds is 40. The molecular formula is C50H91N3O24S4. The van der Waals surface area contributed by atoms with Crippen molar-refractivity contribution in [1.29, 1.82) is 0 Å². The molecule has 0 saturated carbocycles. The minimum Gasteiger partial charge on any atom is -0.394 e. The lowest BCUT2D eigenvalue weighted by Crippen LogP contribution is -2.63. The molecule has 4 aliphatic heterocycles. The van der Waals surface area contributed by atoms with E-state index in [0.717, 1.165) is 30.4 Å². The highest BCUT2D eigenvalue weighted by atomic mass is 32.2. The number of aliphatic hydroxyl groups excluding tert-OH is 11. The van der Waals surface area contributed by atoms with Crippen molar-refractivity contribution in [2.24, 2.45) is 0 Å². The maximum atomic E-state index is 12.4. The van der Waals surface area contributed by atoms with Crippen LogP contribution < -0.4 is 16.0 Å². The van der Waals surface area contributed by atoms with E-state index in [1.165, 1.54) is 18.9 Å². The van der Waals surface area contributed by atoms with E-state index in [1.807, 2.05) is 13.8 Å². The largest absolute Gasteiger partial charge is 0.394 e. The third kappa shape index (κ3) is 24.2. The van der Waals surface area contributed by atoms with Crippen molar-refractivity contribution in [2.75, 3.05) is 113 Å². The Labute approximate surface area is 490 Å². The molecule has 3 amide bonds. The molecule has 0 aromatic heterocycles. The average Bonchev–Trinajstić information content (AvgIpc) is 3.53. The van der Waals surface area contributed by atoms with Crippen molar-refractivity contribution < 1.29 is 118 Å². The lowest BCUT2D eigenvalue weighted by molar-refractivity contribution is -0.348. The van der Waals surface area contributed by atoms with Crippen LogP contribution in [0.1, 0.15) is 58.8 Å². The van der Waals surface area contributed by atoms with Crippen LogP contribution in [-0.4, -0.2) is 309 Å². The Kier molecular flexibility index (Phi) is 36.2. The van der Waals surface area contributed by atoms with Gasteiger partial charge in [-0.2, -0.15) is 35.3 Å². The van der Waals surface area contributed by atoms with Gasteiger partial charge in [0.1, 0.15) is 103 Å². The van der Waals surface area contributed by atoms with Gasteiger partial charge in [0.25, 0.3) is 0 Å². The van der Waals surface area contributed by atoms with Crippen molar-refractivity contribution in [1.82, 2.24) is 16.0 Å². The second-order valence-corrected chi connectivity index (χ2v) is 24.4. The minimum absolute atomic E-state index is 0.0139. The number of hydrogen-bond acceptors (Lipinski definition) is 28. The van der Waals surface area contributed by atoms with Gasteiger partial charge in [-0.05, 0) is 49.4 Å². The zero-order valence-corrected chi connectivity index (χ0v) is 49.6. The van der Waals surface area contributed by atoms with Crippen LogP contribution in [0.2, 0.25) is 0 Å². The molecule has 0 bridgehead atoms. The summed E-state index contributed by atoms with van der Waals surface area (Å²) >= 11 is 5.62. The molecule has 20 atom stereocenters. The predicted octanol–water partition coefficient (Wildman–Crippen LogP) is -3.99. The second kappa shape index (κ2) is 40.4. The average molecular weight is 1250 g/mol. The molecule has 4 heterocycles. The van der Waals surface area contributed by atoms with E-state index in [-0.39, 0.29) is 49.8 Å². The smallest absolute Gasteiger partial charge is 0.230 e. The molecule has 4 aliphatic rings. The molecule has 4 rings (SSSR count). The molecule has 0 radical (unpaired) electrons. The van der Waals surface area contributed by atoms with Crippen LogP contribution in [0.15, 0.2) is 0 Å². The van der Waals surface area contributed by atoms with Crippen LogP contribution in [0.4, 0.5) is 0 Å². The molecule has 27 nitrogen and oxygen atoms in total. The molecule has 81 heavy (non-hydrogen) atoms. The number of hydrogen-bond donors (Lipinski definition) is 14. The van der Waals surface area contributed by atoms with Crippen molar-refractivity contribution in [2.45, 2.75) is 181 Å². The Bertz CT molecular complexity index is 1730. The van der Waals surface area contributed by atoms with Crippen LogP contribution in [0, 0.1) is 0 Å². The maximum Gasteiger partial charge on any atom is 0.230 e. The van der Waals surface area contributed by atoms with Crippen molar-refractivity contribution in [3.8, 4) is 0 Å². The number of amides is 3. The Morgan fingerprint density at radius 3 is 1.23 bits per heavy atom. The lowest BCUT2D eigenvalue weighted by atomic mass is 9.97. The Hall–Kier alpha value is -1.03. The summed E-state index contributed by atoms with van der Waals surface area (Å²) < 4.78 is 59.1. The second-order valence-electron chi connectivity index (χ2n) is 19.6. The first-order valence-electron chi connectivity index (χ1n) is 27.7. The molecule has 0 aromatic carbocycles. The number of methoxy groups -OCH3 is 1. The van der Waals surface area contributed by atoms with Gasteiger partial charge in [-0.3, -0.25) is 14.4 Å². The van der Waals surface area contributed by atoms with Crippen molar-refractivity contribution >= 4 is 64.8 Å². The number of ether oxygens (including phenoxy) is 10. The molecular weight excluding hydrogens is 1150 g/mol. The van der Waals surface area contributed by atoms with E-state index in [4.69, 9.17) is 47.4 Å². The fourth-order valence-electron chi connectivity index (χ4n) is 8.79. The van der Waals surface area contributed by atoms with Gasteiger partial charge in [-0.1, -0.05) is 13.8 Å². The van der Waals surface area contributed by atoms with Crippen LogP contribution in [0.25, 0.3) is 0 Å². The summed E-state index contributed by atoms with van der Waals surface area (Å²) in [6.45, 7) is 3.34. The monoisotopic (exact) mass is 1250 g/mol. The standard InChI is InChI=1S/C50H91N3O24S4/c1-4-9-32(56)51-11-20-78-17-6-14-69-44-41(65)37(61)30(75-47(44)68-3)25-73-49-46(71-16-8-18-79-21-12-52-33(57)10-5-2)42(66)38(62)31(76-49)26-72-48-45(40(64)36(60)28(23-54)74-48)70-15-7-19-80-22-13-53-34(58)27-81-50-43(67)39(63)35(59)29(24-55)77-50/h28-31,35-50,54-55,59-67H,4-27H2,1-3H3,(H,51,56)(H,52,57)(H,53,58)/t28-,29?,30-,31-,35-,36-,37-,38-,39+,40+,41+,42+,43?,44-,45-,46-,47+,48+,49+,50-/m1/s1. The van der Waals surface area contributed by atoms with Gasteiger partial charge < -0.3 is 119 Å². The van der Waals surface area contributed by atoms with Crippen molar-refractivity contribution in [3.05, 3.63) is 0 Å². The van der Waals surface area contributed by atoms with Crippen LogP contribution in [0.5, 0.6) is 0 Å². The first-order valence-corrected chi connectivity index (χ1v) is 32.2. The van der Waals surface area contributed by atoms with E-state index >= 15 is 0 Å². The predicted molar refractivity (Wildman–Crippen MR) is 298 cm³/mol. The maximum absolute atomic E-state index is 12.4. The van der Waals surface area contributed by atoms with Gasteiger partial charge >= 0.3 is 0 Å². The molecule has 31 heteroatoms. The molecule has 14 N–H and O–H groups in total. The van der Waals surface area contributed by atoms with Crippen LogP contribution >= 0.6 is 47.0 Å². The van der Waals surface area contributed by atoms with Crippen LogP contribution in [-0.2, 0) is 61.8 Å². The van der Waals surface area contributed by atoms with E-state index < -0.39 is 148 Å². The van der Waals surface area contributed by atoms with E-state index in [9.17, 15) is 70.6 Å². The number of carbonyl (C=O) groups is 3. The first kappa shape index (κ1) is 72.4. The summed E-state index contributed by atoms with van der Waals surface area (Å²) in [6.07, 6.45) is -22.6.